The number of nitrogens with zero attached hydrogens (tertiary/aromatic N) is 1. The summed E-state index contributed by atoms with van der Waals surface area (Å²) >= 11 is 2.99. The van der Waals surface area contributed by atoms with Crippen molar-refractivity contribution in [3.63, 3.8) is 0 Å². The molecule has 1 rings (SSSR count). The maximum absolute atomic E-state index is 8.67. The topological polar surface area (TPSA) is 33.1 Å². The molecular weight excluding hydrogens is 142 g/mol. The van der Waals surface area contributed by atoms with Crippen LogP contribution < -0.4 is 0 Å². The van der Waals surface area contributed by atoms with Crippen LogP contribution in [-0.2, 0) is 0 Å². The van der Waals surface area contributed by atoms with Gasteiger partial charge in [-0.1, -0.05) is 11.8 Å². The molecule has 0 aliphatic heterocycles. The van der Waals surface area contributed by atoms with Gasteiger partial charge >= 0.3 is 0 Å². The highest BCUT2D eigenvalue weighted by Crippen LogP contribution is 2.22. The van der Waals surface area contributed by atoms with Gasteiger partial charge in [0.05, 0.1) is 5.38 Å². The van der Waals surface area contributed by atoms with E-state index < -0.39 is 0 Å². The summed E-state index contributed by atoms with van der Waals surface area (Å²) in [6, 6.07) is 0. The summed E-state index contributed by atoms with van der Waals surface area (Å²) in [5, 5.41) is 10.3. The minimum Gasteiger partial charge on any atom is -0.493 e. The van der Waals surface area contributed by atoms with Crippen LogP contribution in [0.3, 0.4) is 0 Å². The summed E-state index contributed by atoms with van der Waals surface area (Å²) in [4.78, 5) is 3.77. The second kappa shape index (κ2) is 2.37. The molecule has 2 nitrogen and oxygen atoms in total. The number of thioether (sulfide) groups is 1. The average molecular weight is 147 g/mol. The zero-order chi connectivity index (χ0) is 5.98. The molecule has 1 heterocycles. The van der Waals surface area contributed by atoms with Crippen molar-refractivity contribution in [2.45, 2.75) is 4.34 Å². The Bertz CT molecular complexity index is 174. The molecule has 0 atom stereocenters. The van der Waals surface area contributed by atoms with Crippen molar-refractivity contribution in [1.29, 1.82) is 0 Å². The Morgan fingerprint density at radius 3 is 2.88 bits per heavy atom. The van der Waals surface area contributed by atoms with Crippen molar-refractivity contribution < 1.29 is 5.11 Å². The summed E-state index contributed by atoms with van der Waals surface area (Å²) in [5.41, 5.74) is 0. The largest absolute Gasteiger partial charge is 0.493 e. The fourth-order valence-electron chi connectivity index (χ4n) is 0.343. The first-order valence-corrected chi connectivity index (χ1v) is 4.12. The lowest BCUT2D eigenvalue weighted by Crippen LogP contribution is -1.61. The Kier molecular flexibility index (Phi) is 1.75. The zero-order valence-electron chi connectivity index (χ0n) is 4.29. The standard InChI is InChI=1S/C4H5NOS2/c1-7-4-5-3(6)2-8-4/h2,6H,1H3. The third kappa shape index (κ3) is 1.14. The Balaban J connectivity index is 2.84. The van der Waals surface area contributed by atoms with E-state index in [-0.39, 0.29) is 5.88 Å². The highest BCUT2D eigenvalue weighted by atomic mass is 32.2. The molecule has 0 bridgehead atoms. The number of aromatic nitrogens is 1. The van der Waals surface area contributed by atoms with Crippen molar-refractivity contribution in [3.8, 4) is 5.88 Å². The van der Waals surface area contributed by atoms with Crippen LogP contribution in [0.25, 0.3) is 0 Å². The van der Waals surface area contributed by atoms with Crippen LogP contribution >= 0.6 is 23.1 Å². The fourth-order valence-corrected chi connectivity index (χ4v) is 1.46. The minimum absolute atomic E-state index is 0.124. The van der Waals surface area contributed by atoms with Gasteiger partial charge < -0.3 is 5.11 Å². The molecule has 0 amide bonds. The van der Waals surface area contributed by atoms with Gasteiger partial charge in [-0.2, -0.15) is 4.98 Å². The van der Waals surface area contributed by atoms with Crippen LogP contribution in [0.2, 0.25) is 0 Å². The predicted molar refractivity (Wildman–Crippen MR) is 35.6 cm³/mol. The highest BCUT2D eigenvalue weighted by Gasteiger charge is 1.94. The predicted octanol–water partition coefficient (Wildman–Crippen LogP) is 1.57. The van der Waals surface area contributed by atoms with Gasteiger partial charge in [0.2, 0.25) is 5.88 Å². The van der Waals surface area contributed by atoms with Crippen LogP contribution in [0.15, 0.2) is 9.72 Å². The first kappa shape index (κ1) is 5.91. The molecule has 0 aromatic carbocycles. The molecular formula is C4H5NOS2. The van der Waals surface area contributed by atoms with Crippen molar-refractivity contribution >= 4 is 23.1 Å². The summed E-state index contributed by atoms with van der Waals surface area (Å²) in [6.45, 7) is 0. The van der Waals surface area contributed by atoms with E-state index >= 15 is 0 Å². The summed E-state index contributed by atoms with van der Waals surface area (Å²) in [6.07, 6.45) is 1.93. The van der Waals surface area contributed by atoms with Crippen molar-refractivity contribution in [1.82, 2.24) is 4.98 Å². The van der Waals surface area contributed by atoms with Gasteiger partial charge in [-0.3, -0.25) is 0 Å². The Labute approximate surface area is 55.6 Å². The molecule has 1 aromatic rings. The number of aromatic hydroxyl groups is 1. The van der Waals surface area contributed by atoms with E-state index in [9.17, 15) is 0 Å². The summed E-state index contributed by atoms with van der Waals surface area (Å²) < 4.78 is 0.905. The first-order chi connectivity index (χ1) is 3.83. The molecule has 1 N–H and O–H groups in total. The van der Waals surface area contributed by atoms with Gasteiger partial charge in [0.1, 0.15) is 0 Å². The third-order valence-electron chi connectivity index (χ3n) is 0.646. The van der Waals surface area contributed by atoms with Gasteiger partial charge in [0, 0.05) is 0 Å². The average Bonchev–Trinajstić information content (AvgIpc) is 2.14. The van der Waals surface area contributed by atoms with Gasteiger partial charge in [0.15, 0.2) is 4.34 Å². The molecule has 0 aliphatic carbocycles. The maximum atomic E-state index is 8.67. The molecule has 4 heteroatoms. The smallest absolute Gasteiger partial charge is 0.222 e. The SMILES string of the molecule is CSc1nc(O)cs1. The van der Waals surface area contributed by atoms with Crippen molar-refractivity contribution in [2.24, 2.45) is 0 Å². The Morgan fingerprint density at radius 1 is 1.88 bits per heavy atom. The molecule has 0 unspecified atom stereocenters. The first-order valence-electron chi connectivity index (χ1n) is 2.01. The van der Waals surface area contributed by atoms with Gasteiger partial charge in [-0.15, -0.1) is 11.3 Å². The van der Waals surface area contributed by atoms with Crippen LogP contribution in [0.1, 0.15) is 0 Å². The molecule has 0 fully saturated rings. The van der Waals surface area contributed by atoms with E-state index in [4.69, 9.17) is 5.11 Å². The number of rotatable bonds is 1. The van der Waals surface area contributed by atoms with E-state index in [0.29, 0.717) is 0 Å². The quantitative estimate of drug-likeness (QED) is 0.612. The number of hydrogen-bond donors (Lipinski definition) is 1. The third-order valence-corrected chi connectivity index (χ3v) is 2.50. The normalized spacial score (nSPS) is 9.62. The van der Waals surface area contributed by atoms with E-state index in [1.54, 1.807) is 5.38 Å². The number of hydrogen-bond acceptors (Lipinski definition) is 4. The number of thiazole rings is 1. The molecule has 0 saturated carbocycles. The van der Waals surface area contributed by atoms with Crippen molar-refractivity contribution in [3.05, 3.63) is 5.38 Å². The van der Waals surface area contributed by atoms with Crippen LogP contribution in [0, 0.1) is 0 Å². The maximum Gasteiger partial charge on any atom is 0.222 e. The summed E-state index contributed by atoms with van der Waals surface area (Å²) in [5.74, 6) is 0.124. The molecule has 1 aromatic heterocycles. The van der Waals surface area contributed by atoms with E-state index in [0.717, 1.165) is 4.34 Å². The van der Waals surface area contributed by atoms with E-state index in [1.165, 1.54) is 23.1 Å². The Hall–Kier alpha value is -0.220. The molecule has 0 spiro atoms. The molecule has 0 saturated heterocycles. The lowest BCUT2D eigenvalue weighted by atomic mass is 10.9. The monoisotopic (exact) mass is 147 g/mol. The van der Waals surface area contributed by atoms with E-state index in [2.05, 4.69) is 4.98 Å². The zero-order valence-corrected chi connectivity index (χ0v) is 5.92. The highest BCUT2D eigenvalue weighted by molar-refractivity contribution is 8.00. The van der Waals surface area contributed by atoms with Gasteiger partial charge in [0.25, 0.3) is 0 Å². The van der Waals surface area contributed by atoms with Gasteiger partial charge in [-0.25, -0.2) is 0 Å². The molecule has 0 aliphatic rings. The molecule has 44 valence electrons. The lowest BCUT2D eigenvalue weighted by Gasteiger charge is -1.78. The van der Waals surface area contributed by atoms with Crippen LogP contribution in [-0.4, -0.2) is 16.3 Å². The van der Waals surface area contributed by atoms with Crippen LogP contribution in [0.5, 0.6) is 5.88 Å². The fraction of sp³-hybridized carbons (Fsp3) is 0.250. The second-order valence-electron chi connectivity index (χ2n) is 1.18. The van der Waals surface area contributed by atoms with Gasteiger partial charge in [-0.05, 0) is 6.26 Å². The molecule has 8 heavy (non-hydrogen) atoms. The van der Waals surface area contributed by atoms with Crippen LogP contribution in [0.4, 0.5) is 0 Å². The van der Waals surface area contributed by atoms with E-state index in [1.807, 2.05) is 6.26 Å². The minimum atomic E-state index is 0.124. The molecule has 0 radical (unpaired) electrons. The second-order valence-corrected chi connectivity index (χ2v) is 3.09. The summed E-state index contributed by atoms with van der Waals surface area (Å²) in [7, 11) is 0. The lowest BCUT2D eigenvalue weighted by molar-refractivity contribution is 0.454. The van der Waals surface area contributed by atoms with Crippen molar-refractivity contribution in [2.75, 3.05) is 6.26 Å². The Morgan fingerprint density at radius 2 is 2.62 bits per heavy atom.